The number of allylic oxidation sites excluding steroid dienone is 2. The molecule has 0 saturated heterocycles. The molecule has 0 fully saturated rings. The van der Waals surface area contributed by atoms with Gasteiger partial charge < -0.3 is 9.84 Å². The van der Waals surface area contributed by atoms with Gasteiger partial charge in [0.1, 0.15) is 5.75 Å². The van der Waals surface area contributed by atoms with Gasteiger partial charge in [0.25, 0.3) is 0 Å². The second-order valence-corrected chi connectivity index (χ2v) is 4.26. The summed E-state index contributed by atoms with van der Waals surface area (Å²) in [7, 11) is 1.67. The Labute approximate surface area is 98.7 Å². The maximum Gasteiger partial charge on any atom is 0.123 e. The quantitative estimate of drug-likeness (QED) is 0.843. The fourth-order valence-electron chi connectivity index (χ4n) is 1.36. The molecule has 3 heteroatoms. The lowest BCUT2D eigenvalue weighted by Gasteiger charge is -2.07. The number of aryl methyl sites for hydroxylation is 1. The molecule has 0 aliphatic carbocycles. The fourth-order valence-corrected chi connectivity index (χ4v) is 1.70. The van der Waals surface area contributed by atoms with Gasteiger partial charge in [-0.1, -0.05) is 22.0 Å². The normalized spacial score (nSPS) is 11.5. The summed E-state index contributed by atoms with van der Waals surface area (Å²) in [6.07, 6.45) is 3.50. The first-order valence-electron chi connectivity index (χ1n) is 4.81. The van der Waals surface area contributed by atoms with E-state index in [1.165, 1.54) is 0 Å². The van der Waals surface area contributed by atoms with Crippen LogP contribution in [-0.2, 0) is 6.42 Å². The third-order valence-electron chi connectivity index (χ3n) is 2.10. The highest BCUT2D eigenvalue weighted by atomic mass is 79.9. The summed E-state index contributed by atoms with van der Waals surface area (Å²) in [5.74, 6) is 1.25. The number of benzene rings is 1. The maximum atomic E-state index is 9.02. The Bertz CT molecular complexity index is 355. The van der Waals surface area contributed by atoms with Gasteiger partial charge in [-0.25, -0.2) is 0 Å². The van der Waals surface area contributed by atoms with Crippen molar-refractivity contribution in [1.29, 1.82) is 0 Å². The summed E-state index contributed by atoms with van der Waals surface area (Å²) < 4.78 is 6.28. The van der Waals surface area contributed by atoms with Crippen LogP contribution in [0.4, 0.5) is 0 Å². The minimum Gasteiger partial charge on any atom is -0.513 e. The molecule has 0 spiro atoms. The molecule has 0 aliphatic rings. The number of hydrogen-bond donors (Lipinski definition) is 1. The van der Waals surface area contributed by atoms with Crippen LogP contribution in [0.3, 0.4) is 0 Å². The molecule has 0 atom stereocenters. The van der Waals surface area contributed by atoms with Crippen LogP contribution in [0.5, 0.6) is 5.75 Å². The van der Waals surface area contributed by atoms with Crippen molar-refractivity contribution in [1.82, 2.24) is 0 Å². The van der Waals surface area contributed by atoms with E-state index in [2.05, 4.69) is 15.9 Å². The number of rotatable bonds is 4. The van der Waals surface area contributed by atoms with Gasteiger partial charge in [0, 0.05) is 4.47 Å². The molecule has 1 aromatic rings. The van der Waals surface area contributed by atoms with Gasteiger partial charge in [-0.05, 0) is 43.5 Å². The first-order valence-corrected chi connectivity index (χ1v) is 5.61. The van der Waals surface area contributed by atoms with Crippen molar-refractivity contribution in [2.75, 3.05) is 7.11 Å². The van der Waals surface area contributed by atoms with Crippen molar-refractivity contribution in [3.8, 4) is 5.75 Å². The topological polar surface area (TPSA) is 29.5 Å². The van der Waals surface area contributed by atoms with Crippen molar-refractivity contribution >= 4 is 15.9 Å². The average molecular weight is 271 g/mol. The highest BCUT2D eigenvalue weighted by Gasteiger charge is 2.02. The van der Waals surface area contributed by atoms with E-state index in [1.807, 2.05) is 24.3 Å². The number of aliphatic hydroxyl groups excluding tert-OH is 1. The van der Waals surface area contributed by atoms with Gasteiger partial charge in [-0.15, -0.1) is 0 Å². The molecule has 1 N–H and O–H groups in total. The molecule has 0 amide bonds. The zero-order chi connectivity index (χ0) is 11.3. The van der Waals surface area contributed by atoms with Crippen LogP contribution in [-0.4, -0.2) is 12.2 Å². The van der Waals surface area contributed by atoms with Crippen molar-refractivity contribution in [2.45, 2.75) is 19.8 Å². The zero-order valence-corrected chi connectivity index (χ0v) is 10.5. The van der Waals surface area contributed by atoms with Gasteiger partial charge in [0.05, 0.1) is 12.9 Å². The summed E-state index contributed by atoms with van der Waals surface area (Å²) in [4.78, 5) is 0. The minimum absolute atomic E-state index is 0.367. The van der Waals surface area contributed by atoms with Crippen LogP contribution in [0.25, 0.3) is 0 Å². The molecule has 1 aromatic carbocycles. The van der Waals surface area contributed by atoms with E-state index in [0.717, 1.165) is 28.6 Å². The number of halogens is 1. The molecule has 15 heavy (non-hydrogen) atoms. The lowest BCUT2D eigenvalue weighted by molar-refractivity contribution is 0.406. The SMILES string of the molecule is COc1cc(Br)ccc1CC/C=C(/C)O. The van der Waals surface area contributed by atoms with Gasteiger partial charge in [-0.2, -0.15) is 0 Å². The lowest BCUT2D eigenvalue weighted by atomic mass is 10.1. The van der Waals surface area contributed by atoms with Gasteiger partial charge in [-0.3, -0.25) is 0 Å². The van der Waals surface area contributed by atoms with Crippen molar-refractivity contribution in [2.24, 2.45) is 0 Å². The Hall–Kier alpha value is -0.960. The number of hydrogen-bond acceptors (Lipinski definition) is 2. The largest absolute Gasteiger partial charge is 0.513 e. The highest BCUT2D eigenvalue weighted by Crippen LogP contribution is 2.24. The number of methoxy groups -OCH3 is 1. The summed E-state index contributed by atoms with van der Waals surface area (Å²) in [6, 6.07) is 5.97. The minimum atomic E-state index is 0.367. The molecule has 0 aromatic heterocycles. The Morgan fingerprint density at radius 2 is 2.27 bits per heavy atom. The van der Waals surface area contributed by atoms with Crippen molar-refractivity contribution in [3.63, 3.8) is 0 Å². The lowest BCUT2D eigenvalue weighted by Crippen LogP contribution is -1.91. The zero-order valence-electron chi connectivity index (χ0n) is 8.96. The van der Waals surface area contributed by atoms with Crippen LogP contribution < -0.4 is 4.74 Å². The van der Waals surface area contributed by atoms with Crippen molar-refractivity contribution < 1.29 is 9.84 Å². The molecule has 0 saturated carbocycles. The standard InChI is InChI=1S/C12H15BrO2/c1-9(14)4-3-5-10-6-7-11(13)8-12(10)15-2/h4,6-8,14H,3,5H2,1-2H3/b9-4-. The Kier molecular flexibility index (Phi) is 4.69. The van der Waals surface area contributed by atoms with E-state index in [4.69, 9.17) is 9.84 Å². The number of ether oxygens (including phenoxy) is 1. The van der Waals surface area contributed by atoms with E-state index in [1.54, 1.807) is 14.0 Å². The fraction of sp³-hybridized carbons (Fsp3) is 0.333. The summed E-state index contributed by atoms with van der Waals surface area (Å²) >= 11 is 3.40. The third kappa shape index (κ3) is 3.96. The number of aliphatic hydroxyl groups is 1. The third-order valence-corrected chi connectivity index (χ3v) is 2.60. The van der Waals surface area contributed by atoms with E-state index in [0.29, 0.717) is 5.76 Å². The predicted molar refractivity (Wildman–Crippen MR) is 65.4 cm³/mol. The van der Waals surface area contributed by atoms with Crippen molar-refractivity contribution in [3.05, 3.63) is 40.1 Å². The summed E-state index contributed by atoms with van der Waals surface area (Å²) in [6.45, 7) is 1.68. The van der Waals surface area contributed by atoms with Gasteiger partial charge in [0.2, 0.25) is 0 Å². The van der Waals surface area contributed by atoms with Gasteiger partial charge in [0.15, 0.2) is 0 Å². The molecule has 2 nitrogen and oxygen atoms in total. The smallest absolute Gasteiger partial charge is 0.123 e. The maximum absolute atomic E-state index is 9.02. The molecule has 0 heterocycles. The monoisotopic (exact) mass is 270 g/mol. The van der Waals surface area contributed by atoms with Crippen LogP contribution in [0.2, 0.25) is 0 Å². The molecule has 0 aliphatic heterocycles. The molecule has 1 rings (SSSR count). The Morgan fingerprint density at radius 1 is 1.53 bits per heavy atom. The summed E-state index contributed by atoms with van der Waals surface area (Å²) in [5.41, 5.74) is 1.15. The molecular weight excluding hydrogens is 256 g/mol. The highest BCUT2D eigenvalue weighted by molar-refractivity contribution is 9.10. The Balaban J connectivity index is 2.72. The van der Waals surface area contributed by atoms with Gasteiger partial charge >= 0.3 is 0 Å². The molecule has 0 unspecified atom stereocenters. The van der Waals surface area contributed by atoms with Crippen LogP contribution in [0.15, 0.2) is 34.5 Å². The molecule has 0 bridgehead atoms. The molecule has 82 valence electrons. The summed E-state index contributed by atoms with van der Waals surface area (Å²) in [5, 5.41) is 9.02. The van der Waals surface area contributed by atoms with Crippen LogP contribution >= 0.6 is 15.9 Å². The van der Waals surface area contributed by atoms with E-state index < -0.39 is 0 Å². The first kappa shape index (κ1) is 12.1. The molecule has 0 radical (unpaired) electrons. The van der Waals surface area contributed by atoms with Crippen LogP contribution in [0, 0.1) is 0 Å². The van der Waals surface area contributed by atoms with E-state index in [-0.39, 0.29) is 0 Å². The average Bonchev–Trinajstić information content (AvgIpc) is 2.19. The molecular formula is C12H15BrO2. The van der Waals surface area contributed by atoms with Crippen LogP contribution in [0.1, 0.15) is 18.9 Å². The first-order chi connectivity index (χ1) is 7.13. The van der Waals surface area contributed by atoms with E-state index in [9.17, 15) is 0 Å². The predicted octanol–water partition coefficient (Wildman–Crippen LogP) is 3.85. The Morgan fingerprint density at radius 3 is 2.87 bits per heavy atom. The van der Waals surface area contributed by atoms with E-state index >= 15 is 0 Å². The second-order valence-electron chi connectivity index (χ2n) is 3.34. The second kappa shape index (κ2) is 5.81.